The molecular weight excluding hydrogens is 246 g/mol. The first-order valence-corrected chi connectivity index (χ1v) is 5.99. The number of thiophene rings is 1. The van der Waals surface area contributed by atoms with Gasteiger partial charge in [0.05, 0.1) is 4.70 Å². The number of halogens is 1. The van der Waals surface area contributed by atoms with Crippen molar-refractivity contribution in [3.05, 3.63) is 28.6 Å². The van der Waals surface area contributed by atoms with E-state index in [-0.39, 0.29) is 0 Å². The second-order valence-corrected chi connectivity index (χ2v) is 4.91. The Morgan fingerprint density at radius 1 is 1.38 bits per heavy atom. The van der Waals surface area contributed by atoms with E-state index in [1.165, 1.54) is 20.5 Å². The summed E-state index contributed by atoms with van der Waals surface area (Å²) in [6, 6.07) is 6.40. The standard InChI is InChI=1S/C10H10BrNS/c1-6-2-8-3-7(5-11)4-9(12)10(8)13-6/h2-4H,5,12H2,1H3. The van der Waals surface area contributed by atoms with Gasteiger partial charge in [0.1, 0.15) is 0 Å². The fourth-order valence-electron chi connectivity index (χ4n) is 1.45. The zero-order valence-corrected chi connectivity index (χ0v) is 9.71. The molecule has 0 aliphatic heterocycles. The molecule has 1 nitrogen and oxygen atoms in total. The molecule has 0 radical (unpaired) electrons. The highest BCUT2D eigenvalue weighted by atomic mass is 79.9. The number of aryl methyl sites for hydroxylation is 1. The SMILES string of the molecule is Cc1cc2cc(CBr)cc(N)c2s1. The molecule has 2 N–H and O–H groups in total. The minimum atomic E-state index is 0.863. The van der Waals surface area contributed by atoms with E-state index < -0.39 is 0 Å². The Morgan fingerprint density at radius 3 is 2.85 bits per heavy atom. The highest BCUT2D eigenvalue weighted by Crippen LogP contribution is 2.31. The minimum absolute atomic E-state index is 0.863. The molecule has 0 aliphatic rings. The molecule has 1 heterocycles. The van der Waals surface area contributed by atoms with Gasteiger partial charge in [-0.3, -0.25) is 0 Å². The van der Waals surface area contributed by atoms with E-state index in [1.54, 1.807) is 11.3 Å². The molecule has 13 heavy (non-hydrogen) atoms. The summed E-state index contributed by atoms with van der Waals surface area (Å²) in [7, 11) is 0. The van der Waals surface area contributed by atoms with Crippen LogP contribution in [0.25, 0.3) is 10.1 Å². The number of rotatable bonds is 1. The summed E-state index contributed by atoms with van der Waals surface area (Å²) < 4.78 is 1.21. The van der Waals surface area contributed by atoms with Gasteiger partial charge in [-0.2, -0.15) is 0 Å². The van der Waals surface area contributed by atoms with E-state index in [0.29, 0.717) is 0 Å². The van der Waals surface area contributed by atoms with Crippen molar-refractivity contribution in [2.75, 3.05) is 5.73 Å². The van der Waals surface area contributed by atoms with Crippen molar-refractivity contribution in [1.29, 1.82) is 0 Å². The van der Waals surface area contributed by atoms with Gasteiger partial charge in [-0.1, -0.05) is 15.9 Å². The third-order valence-electron chi connectivity index (χ3n) is 1.98. The van der Waals surface area contributed by atoms with E-state index in [1.807, 2.05) is 6.07 Å². The van der Waals surface area contributed by atoms with Crippen LogP contribution in [-0.4, -0.2) is 0 Å². The van der Waals surface area contributed by atoms with Gasteiger partial charge in [0, 0.05) is 15.9 Å². The van der Waals surface area contributed by atoms with Gasteiger partial charge in [-0.15, -0.1) is 11.3 Å². The zero-order valence-electron chi connectivity index (χ0n) is 7.30. The molecule has 0 unspecified atom stereocenters. The van der Waals surface area contributed by atoms with Crippen LogP contribution in [0.2, 0.25) is 0 Å². The Morgan fingerprint density at radius 2 is 2.15 bits per heavy atom. The van der Waals surface area contributed by atoms with Crippen molar-refractivity contribution < 1.29 is 0 Å². The topological polar surface area (TPSA) is 26.0 Å². The number of hydrogen-bond acceptors (Lipinski definition) is 2. The van der Waals surface area contributed by atoms with Crippen molar-refractivity contribution in [3.8, 4) is 0 Å². The first kappa shape index (κ1) is 9.03. The number of anilines is 1. The first-order valence-electron chi connectivity index (χ1n) is 4.05. The van der Waals surface area contributed by atoms with E-state index in [4.69, 9.17) is 5.73 Å². The second kappa shape index (κ2) is 3.31. The number of benzene rings is 1. The van der Waals surface area contributed by atoms with E-state index >= 15 is 0 Å². The number of alkyl halides is 1. The van der Waals surface area contributed by atoms with E-state index in [2.05, 4.69) is 35.0 Å². The molecule has 0 atom stereocenters. The number of hydrogen-bond donors (Lipinski definition) is 1. The van der Waals surface area contributed by atoms with Crippen LogP contribution in [-0.2, 0) is 5.33 Å². The summed E-state index contributed by atoms with van der Waals surface area (Å²) >= 11 is 5.19. The van der Waals surface area contributed by atoms with Gasteiger partial charge in [0.2, 0.25) is 0 Å². The summed E-state index contributed by atoms with van der Waals surface area (Å²) in [6.07, 6.45) is 0. The lowest BCUT2D eigenvalue weighted by Gasteiger charge is -1.99. The Kier molecular flexibility index (Phi) is 2.30. The smallest absolute Gasteiger partial charge is 0.0575 e. The van der Waals surface area contributed by atoms with Crippen molar-refractivity contribution in [2.24, 2.45) is 0 Å². The summed E-state index contributed by atoms with van der Waals surface area (Å²) in [6.45, 7) is 2.11. The van der Waals surface area contributed by atoms with Crippen LogP contribution >= 0.6 is 27.3 Å². The third kappa shape index (κ3) is 1.58. The Labute approximate surface area is 89.7 Å². The molecule has 0 bridgehead atoms. The Hall–Kier alpha value is -0.540. The molecular formula is C10H10BrNS. The predicted octanol–water partition coefficient (Wildman–Crippen LogP) is 3.69. The predicted molar refractivity (Wildman–Crippen MR) is 63.6 cm³/mol. The normalized spacial score (nSPS) is 10.9. The second-order valence-electron chi connectivity index (χ2n) is 3.09. The highest BCUT2D eigenvalue weighted by molar-refractivity contribution is 9.08. The zero-order chi connectivity index (χ0) is 9.42. The fourth-order valence-corrected chi connectivity index (χ4v) is 2.69. The van der Waals surface area contributed by atoms with Crippen molar-refractivity contribution in [1.82, 2.24) is 0 Å². The lowest BCUT2D eigenvalue weighted by atomic mass is 10.1. The highest BCUT2D eigenvalue weighted by Gasteiger charge is 2.03. The Balaban J connectivity index is 2.75. The molecule has 0 saturated heterocycles. The average molecular weight is 256 g/mol. The molecule has 0 spiro atoms. The van der Waals surface area contributed by atoms with Crippen LogP contribution in [0.1, 0.15) is 10.4 Å². The van der Waals surface area contributed by atoms with Crippen molar-refractivity contribution in [2.45, 2.75) is 12.3 Å². The molecule has 0 aliphatic carbocycles. The van der Waals surface area contributed by atoms with Crippen LogP contribution in [0.5, 0.6) is 0 Å². The van der Waals surface area contributed by atoms with Gasteiger partial charge in [0.25, 0.3) is 0 Å². The van der Waals surface area contributed by atoms with Crippen LogP contribution in [0, 0.1) is 6.92 Å². The molecule has 0 amide bonds. The van der Waals surface area contributed by atoms with Gasteiger partial charge in [-0.05, 0) is 36.1 Å². The monoisotopic (exact) mass is 255 g/mol. The average Bonchev–Trinajstić information content (AvgIpc) is 2.46. The number of nitrogen functional groups attached to an aromatic ring is 1. The number of nitrogens with two attached hydrogens (primary N) is 1. The first-order chi connectivity index (χ1) is 6.20. The van der Waals surface area contributed by atoms with Crippen LogP contribution < -0.4 is 5.73 Å². The molecule has 0 fully saturated rings. The molecule has 1 aromatic heterocycles. The quantitative estimate of drug-likeness (QED) is 0.611. The maximum atomic E-state index is 5.94. The molecule has 0 saturated carbocycles. The van der Waals surface area contributed by atoms with Gasteiger partial charge in [0.15, 0.2) is 0 Å². The van der Waals surface area contributed by atoms with E-state index in [9.17, 15) is 0 Å². The molecule has 2 aromatic rings. The maximum Gasteiger partial charge on any atom is 0.0575 e. The molecule has 1 aromatic carbocycles. The molecule has 68 valence electrons. The summed E-state index contributed by atoms with van der Waals surface area (Å²) in [5, 5.41) is 2.12. The molecule has 3 heteroatoms. The largest absolute Gasteiger partial charge is 0.398 e. The van der Waals surface area contributed by atoms with Crippen molar-refractivity contribution in [3.63, 3.8) is 0 Å². The van der Waals surface area contributed by atoms with Crippen LogP contribution in [0.4, 0.5) is 5.69 Å². The van der Waals surface area contributed by atoms with Crippen LogP contribution in [0.15, 0.2) is 18.2 Å². The molecule has 2 rings (SSSR count). The lowest BCUT2D eigenvalue weighted by Crippen LogP contribution is -1.86. The maximum absolute atomic E-state index is 5.94. The van der Waals surface area contributed by atoms with Gasteiger partial charge >= 0.3 is 0 Å². The minimum Gasteiger partial charge on any atom is -0.398 e. The number of fused-ring (bicyclic) bond motifs is 1. The fraction of sp³-hybridized carbons (Fsp3) is 0.200. The summed E-state index contributed by atoms with van der Waals surface area (Å²) in [4.78, 5) is 1.31. The summed E-state index contributed by atoms with van der Waals surface area (Å²) in [5.41, 5.74) is 8.07. The van der Waals surface area contributed by atoms with Crippen molar-refractivity contribution >= 4 is 43.0 Å². The lowest BCUT2D eigenvalue weighted by molar-refractivity contribution is 1.47. The van der Waals surface area contributed by atoms with Gasteiger partial charge < -0.3 is 5.73 Å². The van der Waals surface area contributed by atoms with Gasteiger partial charge in [-0.25, -0.2) is 0 Å². The summed E-state index contributed by atoms with van der Waals surface area (Å²) in [5.74, 6) is 0. The van der Waals surface area contributed by atoms with E-state index in [0.717, 1.165) is 11.0 Å². The third-order valence-corrected chi connectivity index (χ3v) is 3.75. The van der Waals surface area contributed by atoms with Crippen LogP contribution in [0.3, 0.4) is 0 Å². The Bertz CT molecular complexity index is 447.